The monoisotopic (exact) mass is 239 g/mol. The Morgan fingerprint density at radius 1 is 1.35 bits per heavy atom. The summed E-state index contributed by atoms with van der Waals surface area (Å²) in [5.74, 6) is -0.268. The summed E-state index contributed by atoms with van der Waals surface area (Å²) in [6.45, 7) is 1.82. The van der Waals surface area contributed by atoms with Crippen LogP contribution in [0.25, 0.3) is 0 Å². The van der Waals surface area contributed by atoms with Gasteiger partial charge in [0, 0.05) is 18.8 Å². The number of hydrogen-bond acceptors (Lipinski definition) is 3. The molecule has 17 heavy (non-hydrogen) atoms. The summed E-state index contributed by atoms with van der Waals surface area (Å²) in [7, 11) is 0. The van der Waals surface area contributed by atoms with Crippen LogP contribution < -0.4 is 5.73 Å². The average Bonchev–Trinajstić information content (AvgIpc) is 2.38. The highest BCUT2D eigenvalue weighted by Gasteiger charge is 2.17. The van der Waals surface area contributed by atoms with Crippen LogP contribution in [0, 0.1) is 5.82 Å². The minimum Gasteiger partial charge on any atom is -0.381 e. The summed E-state index contributed by atoms with van der Waals surface area (Å²) < 4.78 is 24.4. The average molecular weight is 239 g/mol. The molecule has 0 spiro atoms. The zero-order valence-electron chi connectivity index (χ0n) is 9.77. The molecule has 0 radical (unpaired) electrons. The minimum atomic E-state index is -0.404. The molecule has 0 saturated carbocycles. The lowest BCUT2D eigenvalue weighted by molar-refractivity contribution is -0.0359. The number of hydrogen-bond donors (Lipinski definition) is 1. The van der Waals surface area contributed by atoms with Crippen LogP contribution in [0.1, 0.15) is 24.4 Å². The molecule has 1 aliphatic heterocycles. The molecule has 0 bridgehead atoms. The third kappa shape index (κ3) is 3.49. The molecule has 4 heteroatoms. The molecule has 94 valence electrons. The van der Waals surface area contributed by atoms with Crippen LogP contribution in [0.5, 0.6) is 0 Å². The third-order valence-electron chi connectivity index (χ3n) is 2.98. The summed E-state index contributed by atoms with van der Waals surface area (Å²) in [5, 5.41) is 0. The van der Waals surface area contributed by atoms with Crippen LogP contribution in [0.15, 0.2) is 24.3 Å². The summed E-state index contributed by atoms with van der Waals surface area (Å²) in [6.07, 6.45) is 1.98. The fraction of sp³-hybridized carbons (Fsp3) is 0.538. The highest BCUT2D eigenvalue weighted by molar-refractivity contribution is 5.20. The van der Waals surface area contributed by atoms with Crippen LogP contribution in [-0.4, -0.2) is 25.9 Å². The molecule has 3 nitrogen and oxygen atoms in total. The number of ether oxygens (including phenoxy) is 2. The summed E-state index contributed by atoms with van der Waals surface area (Å²) in [5.41, 5.74) is 6.43. The highest BCUT2D eigenvalue weighted by Crippen LogP contribution is 2.17. The molecule has 1 aliphatic rings. The van der Waals surface area contributed by atoms with E-state index in [0.717, 1.165) is 26.1 Å². The first-order valence-electron chi connectivity index (χ1n) is 5.96. The second kappa shape index (κ2) is 6.10. The Morgan fingerprint density at radius 2 is 2.06 bits per heavy atom. The maximum atomic E-state index is 13.5. The molecule has 1 saturated heterocycles. The molecule has 1 heterocycles. The first kappa shape index (κ1) is 12.5. The standard InChI is InChI=1S/C13H18FNO2/c14-12-4-2-1-3-11(12)13(15)9-17-10-5-7-16-8-6-10/h1-4,10,13H,5-9,15H2. The molecule has 1 fully saturated rings. The smallest absolute Gasteiger partial charge is 0.128 e. The number of halogens is 1. The van der Waals surface area contributed by atoms with Crippen LogP contribution in [-0.2, 0) is 9.47 Å². The predicted molar refractivity (Wildman–Crippen MR) is 63.1 cm³/mol. The van der Waals surface area contributed by atoms with Gasteiger partial charge in [0.15, 0.2) is 0 Å². The molecular formula is C13H18FNO2. The highest BCUT2D eigenvalue weighted by atomic mass is 19.1. The lowest BCUT2D eigenvalue weighted by Crippen LogP contribution is -2.27. The Kier molecular flexibility index (Phi) is 4.48. The van der Waals surface area contributed by atoms with Crippen LogP contribution in [0.3, 0.4) is 0 Å². The summed E-state index contributed by atoms with van der Waals surface area (Å²) >= 11 is 0. The maximum Gasteiger partial charge on any atom is 0.128 e. The predicted octanol–water partition coefficient (Wildman–Crippen LogP) is 2.02. The van der Waals surface area contributed by atoms with E-state index in [1.807, 2.05) is 0 Å². The molecule has 1 atom stereocenters. The Balaban J connectivity index is 1.84. The van der Waals surface area contributed by atoms with Crippen molar-refractivity contribution in [2.24, 2.45) is 5.73 Å². The van der Waals surface area contributed by atoms with Gasteiger partial charge in [0.25, 0.3) is 0 Å². The van der Waals surface area contributed by atoms with Gasteiger partial charge < -0.3 is 15.2 Å². The zero-order valence-corrected chi connectivity index (χ0v) is 9.77. The van der Waals surface area contributed by atoms with Crippen molar-refractivity contribution < 1.29 is 13.9 Å². The molecule has 0 aliphatic carbocycles. The topological polar surface area (TPSA) is 44.5 Å². The van der Waals surface area contributed by atoms with E-state index in [0.29, 0.717) is 12.2 Å². The minimum absolute atomic E-state index is 0.196. The molecule has 1 unspecified atom stereocenters. The van der Waals surface area contributed by atoms with E-state index < -0.39 is 6.04 Å². The van der Waals surface area contributed by atoms with E-state index in [2.05, 4.69) is 0 Å². The van der Waals surface area contributed by atoms with Gasteiger partial charge in [-0.1, -0.05) is 18.2 Å². The van der Waals surface area contributed by atoms with Crippen LogP contribution >= 0.6 is 0 Å². The van der Waals surface area contributed by atoms with Gasteiger partial charge in [-0.05, 0) is 18.9 Å². The van der Waals surface area contributed by atoms with Crippen molar-refractivity contribution in [3.05, 3.63) is 35.6 Å². The Morgan fingerprint density at radius 3 is 2.76 bits per heavy atom. The summed E-state index contributed by atoms with van der Waals surface area (Å²) in [6, 6.07) is 6.16. The van der Waals surface area contributed by atoms with Crippen LogP contribution in [0.4, 0.5) is 4.39 Å². The maximum absolute atomic E-state index is 13.5. The van der Waals surface area contributed by atoms with Gasteiger partial charge in [-0.25, -0.2) is 4.39 Å². The first-order valence-corrected chi connectivity index (χ1v) is 5.96. The van der Waals surface area contributed by atoms with Gasteiger partial charge >= 0.3 is 0 Å². The SMILES string of the molecule is NC(COC1CCOCC1)c1ccccc1F. The van der Waals surface area contributed by atoms with Gasteiger partial charge in [0.2, 0.25) is 0 Å². The molecular weight excluding hydrogens is 221 g/mol. The fourth-order valence-electron chi connectivity index (χ4n) is 1.95. The second-order valence-corrected chi connectivity index (χ2v) is 4.27. The molecule has 2 rings (SSSR count). The van der Waals surface area contributed by atoms with Gasteiger partial charge in [-0.2, -0.15) is 0 Å². The van der Waals surface area contributed by atoms with Gasteiger partial charge in [0.05, 0.1) is 18.8 Å². The van der Waals surface area contributed by atoms with Crippen molar-refractivity contribution in [2.75, 3.05) is 19.8 Å². The Hall–Kier alpha value is -0.970. The molecule has 1 aromatic rings. The number of benzene rings is 1. The van der Waals surface area contributed by atoms with E-state index in [-0.39, 0.29) is 11.9 Å². The normalized spacial score (nSPS) is 19.2. The van der Waals surface area contributed by atoms with Crippen molar-refractivity contribution in [1.82, 2.24) is 0 Å². The van der Waals surface area contributed by atoms with Crippen molar-refractivity contribution in [3.8, 4) is 0 Å². The number of nitrogens with two attached hydrogens (primary N) is 1. The van der Waals surface area contributed by atoms with Gasteiger partial charge in [0.1, 0.15) is 5.82 Å². The lowest BCUT2D eigenvalue weighted by atomic mass is 10.1. The molecule has 2 N–H and O–H groups in total. The largest absolute Gasteiger partial charge is 0.381 e. The Bertz CT molecular complexity index is 353. The lowest BCUT2D eigenvalue weighted by Gasteiger charge is -2.24. The van der Waals surface area contributed by atoms with Crippen molar-refractivity contribution in [3.63, 3.8) is 0 Å². The quantitative estimate of drug-likeness (QED) is 0.874. The number of rotatable bonds is 4. The van der Waals surface area contributed by atoms with Gasteiger partial charge in [-0.3, -0.25) is 0 Å². The van der Waals surface area contributed by atoms with Gasteiger partial charge in [-0.15, -0.1) is 0 Å². The van der Waals surface area contributed by atoms with E-state index >= 15 is 0 Å². The van der Waals surface area contributed by atoms with Crippen molar-refractivity contribution >= 4 is 0 Å². The first-order chi connectivity index (χ1) is 8.27. The van der Waals surface area contributed by atoms with E-state index in [1.54, 1.807) is 18.2 Å². The third-order valence-corrected chi connectivity index (χ3v) is 2.98. The van der Waals surface area contributed by atoms with E-state index in [4.69, 9.17) is 15.2 Å². The van der Waals surface area contributed by atoms with E-state index in [1.165, 1.54) is 6.07 Å². The van der Waals surface area contributed by atoms with Crippen LogP contribution in [0.2, 0.25) is 0 Å². The zero-order chi connectivity index (χ0) is 12.1. The Labute approximate surface area is 101 Å². The van der Waals surface area contributed by atoms with Crippen molar-refractivity contribution in [2.45, 2.75) is 25.0 Å². The molecule has 0 aromatic heterocycles. The fourth-order valence-corrected chi connectivity index (χ4v) is 1.95. The second-order valence-electron chi connectivity index (χ2n) is 4.27. The van der Waals surface area contributed by atoms with Crippen molar-refractivity contribution in [1.29, 1.82) is 0 Å². The molecule has 1 aromatic carbocycles. The summed E-state index contributed by atoms with van der Waals surface area (Å²) in [4.78, 5) is 0. The molecule has 0 amide bonds. The van der Waals surface area contributed by atoms with E-state index in [9.17, 15) is 4.39 Å².